The number of nitrogens with two attached hydrogens (primary N) is 1. The molecular weight excluding hydrogens is 184 g/mol. The van der Waals surface area contributed by atoms with E-state index in [9.17, 15) is 0 Å². The highest BCUT2D eigenvalue weighted by molar-refractivity contribution is 5.56. The van der Waals surface area contributed by atoms with Gasteiger partial charge in [-0.25, -0.2) is 0 Å². The molecule has 1 aliphatic rings. The van der Waals surface area contributed by atoms with Crippen LogP contribution in [0.15, 0.2) is 18.2 Å². The first-order chi connectivity index (χ1) is 7.16. The lowest BCUT2D eigenvalue weighted by Gasteiger charge is -2.32. The summed E-state index contributed by atoms with van der Waals surface area (Å²) in [4.78, 5) is 2.42. The van der Waals surface area contributed by atoms with Crippen molar-refractivity contribution in [2.45, 2.75) is 32.7 Å². The molecule has 1 aromatic carbocycles. The second-order valence-electron chi connectivity index (χ2n) is 4.66. The normalized spacial score (nSPS) is 17.4. The maximum atomic E-state index is 5.87. The van der Waals surface area contributed by atoms with E-state index in [1.165, 1.54) is 29.7 Å². The van der Waals surface area contributed by atoms with Crippen LogP contribution in [0.25, 0.3) is 0 Å². The molecule has 82 valence electrons. The van der Waals surface area contributed by atoms with E-state index >= 15 is 0 Å². The molecule has 0 bridgehead atoms. The molecule has 15 heavy (non-hydrogen) atoms. The van der Waals surface area contributed by atoms with Crippen LogP contribution in [0.5, 0.6) is 0 Å². The van der Waals surface area contributed by atoms with Crippen molar-refractivity contribution in [2.75, 3.05) is 18.0 Å². The lowest BCUT2D eigenvalue weighted by atomic mass is 9.99. The quantitative estimate of drug-likeness (QED) is 0.799. The summed E-state index contributed by atoms with van der Waals surface area (Å²) in [5.41, 5.74) is 10.1. The van der Waals surface area contributed by atoms with Crippen molar-refractivity contribution >= 4 is 5.69 Å². The van der Waals surface area contributed by atoms with E-state index < -0.39 is 0 Å². The van der Waals surface area contributed by atoms with Crippen LogP contribution in [0.2, 0.25) is 0 Å². The third-order valence-electron chi connectivity index (χ3n) is 2.96. The Morgan fingerprint density at radius 1 is 1.47 bits per heavy atom. The van der Waals surface area contributed by atoms with Gasteiger partial charge in [0.05, 0.1) is 0 Å². The molecule has 2 nitrogen and oxygen atoms in total. The Bertz CT molecular complexity index is 344. The summed E-state index contributed by atoms with van der Waals surface area (Å²) in [7, 11) is 0. The summed E-state index contributed by atoms with van der Waals surface area (Å²) in [6.45, 7) is 6.35. The van der Waals surface area contributed by atoms with Gasteiger partial charge in [0.2, 0.25) is 0 Å². The van der Waals surface area contributed by atoms with E-state index in [0.29, 0.717) is 0 Å². The van der Waals surface area contributed by atoms with Crippen LogP contribution in [0.4, 0.5) is 5.69 Å². The van der Waals surface area contributed by atoms with Crippen molar-refractivity contribution in [1.29, 1.82) is 0 Å². The summed E-state index contributed by atoms with van der Waals surface area (Å²) in [6, 6.07) is 6.99. The van der Waals surface area contributed by atoms with E-state index in [1.54, 1.807) is 0 Å². The third-order valence-corrected chi connectivity index (χ3v) is 2.96. The lowest BCUT2D eigenvalue weighted by molar-refractivity contribution is 0.633. The molecule has 1 aromatic rings. The molecule has 1 atom stereocenters. The molecule has 2 heteroatoms. The standard InChI is InChI=1S/C13H20N2/c1-10-5-6-13-12(8-10)4-3-7-15(13)9-11(2)14/h5-6,8,11H,3-4,7,9,14H2,1-2H3. The number of fused-ring (bicyclic) bond motifs is 1. The third kappa shape index (κ3) is 2.32. The molecule has 0 radical (unpaired) electrons. The van der Waals surface area contributed by atoms with E-state index in [-0.39, 0.29) is 6.04 Å². The van der Waals surface area contributed by atoms with Crippen molar-refractivity contribution in [3.63, 3.8) is 0 Å². The fourth-order valence-electron chi connectivity index (χ4n) is 2.34. The molecule has 2 N–H and O–H groups in total. The van der Waals surface area contributed by atoms with Gasteiger partial charge in [-0.2, -0.15) is 0 Å². The summed E-state index contributed by atoms with van der Waals surface area (Å²) in [5.74, 6) is 0. The maximum absolute atomic E-state index is 5.87. The number of rotatable bonds is 2. The van der Waals surface area contributed by atoms with Gasteiger partial charge >= 0.3 is 0 Å². The maximum Gasteiger partial charge on any atom is 0.0399 e. The van der Waals surface area contributed by atoms with Crippen molar-refractivity contribution in [3.05, 3.63) is 29.3 Å². The van der Waals surface area contributed by atoms with Crippen LogP contribution in [-0.4, -0.2) is 19.1 Å². The minimum absolute atomic E-state index is 0.247. The second kappa shape index (κ2) is 4.23. The van der Waals surface area contributed by atoms with E-state index in [2.05, 4.69) is 36.9 Å². The van der Waals surface area contributed by atoms with Crippen LogP contribution >= 0.6 is 0 Å². The molecule has 0 saturated carbocycles. The monoisotopic (exact) mass is 204 g/mol. The van der Waals surface area contributed by atoms with Crippen LogP contribution in [0.3, 0.4) is 0 Å². The molecule has 0 spiro atoms. The molecule has 0 aliphatic carbocycles. The fourth-order valence-corrected chi connectivity index (χ4v) is 2.34. The Morgan fingerprint density at radius 3 is 3.00 bits per heavy atom. The zero-order valence-corrected chi connectivity index (χ0v) is 9.66. The zero-order chi connectivity index (χ0) is 10.8. The number of hydrogen-bond acceptors (Lipinski definition) is 2. The van der Waals surface area contributed by atoms with Gasteiger partial charge in [-0.3, -0.25) is 0 Å². The first-order valence-electron chi connectivity index (χ1n) is 5.77. The topological polar surface area (TPSA) is 29.3 Å². The Morgan fingerprint density at radius 2 is 2.27 bits per heavy atom. The van der Waals surface area contributed by atoms with E-state index in [4.69, 9.17) is 5.73 Å². The van der Waals surface area contributed by atoms with Gasteiger partial charge < -0.3 is 10.6 Å². The van der Waals surface area contributed by atoms with Gasteiger partial charge in [-0.15, -0.1) is 0 Å². The summed E-state index contributed by atoms with van der Waals surface area (Å²) >= 11 is 0. The van der Waals surface area contributed by atoms with Crippen LogP contribution in [-0.2, 0) is 6.42 Å². The average Bonchev–Trinajstić information content (AvgIpc) is 2.16. The highest BCUT2D eigenvalue weighted by Crippen LogP contribution is 2.27. The molecule has 1 unspecified atom stereocenters. The molecule has 0 aromatic heterocycles. The first kappa shape index (κ1) is 10.5. The predicted molar refractivity (Wildman–Crippen MR) is 65.4 cm³/mol. The molecule has 0 amide bonds. The molecule has 1 heterocycles. The van der Waals surface area contributed by atoms with Gasteiger partial charge in [0.15, 0.2) is 0 Å². The Labute approximate surface area is 92.1 Å². The summed E-state index contributed by atoms with van der Waals surface area (Å²) < 4.78 is 0. The van der Waals surface area contributed by atoms with Crippen LogP contribution in [0.1, 0.15) is 24.5 Å². The summed E-state index contributed by atoms with van der Waals surface area (Å²) in [5, 5.41) is 0. The Hall–Kier alpha value is -1.02. The van der Waals surface area contributed by atoms with Crippen molar-refractivity contribution in [3.8, 4) is 0 Å². The molecule has 2 rings (SSSR count). The van der Waals surface area contributed by atoms with Crippen molar-refractivity contribution in [2.24, 2.45) is 5.73 Å². The highest BCUT2D eigenvalue weighted by Gasteiger charge is 2.17. The molecule has 0 saturated heterocycles. The van der Waals surface area contributed by atoms with E-state index in [1.807, 2.05) is 0 Å². The number of aryl methyl sites for hydroxylation is 2. The second-order valence-corrected chi connectivity index (χ2v) is 4.66. The Balaban J connectivity index is 2.26. The van der Waals surface area contributed by atoms with Gasteiger partial charge in [0.25, 0.3) is 0 Å². The largest absolute Gasteiger partial charge is 0.370 e. The van der Waals surface area contributed by atoms with Crippen LogP contribution < -0.4 is 10.6 Å². The van der Waals surface area contributed by atoms with Gasteiger partial charge in [0.1, 0.15) is 0 Å². The smallest absolute Gasteiger partial charge is 0.0399 e. The number of anilines is 1. The lowest BCUT2D eigenvalue weighted by Crippen LogP contribution is -2.38. The Kier molecular flexibility index (Phi) is 2.96. The molecule has 1 aliphatic heterocycles. The van der Waals surface area contributed by atoms with Crippen molar-refractivity contribution in [1.82, 2.24) is 0 Å². The highest BCUT2D eigenvalue weighted by atomic mass is 15.1. The van der Waals surface area contributed by atoms with Gasteiger partial charge in [-0.1, -0.05) is 17.7 Å². The first-order valence-corrected chi connectivity index (χ1v) is 5.77. The van der Waals surface area contributed by atoms with Gasteiger partial charge in [-0.05, 0) is 38.3 Å². The van der Waals surface area contributed by atoms with Crippen LogP contribution in [0, 0.1) is 6.92 Å². The number of benzene rings is 1. The molecule has 0 fully saturated rings. The summed E-state index contributed by atoms with van der Waals surface area (Å²) in [6.07, 6.45) is 2.47. The average molecular weight is 204 g/mol. The predicted octanol–water partition coefficient (Wildman–Crippen LogP) is 2.09. The minimum atomic E-state index is 0.247. The zero-order valence-electron chi connectivity index (χ0n) is 9.66. The van der Waals surface area contributed by atoms with E-state index in [0.717, 1.165) is 13.1 Å². The fraction of sp³-hybridized carbons (Fsp3) is 0.538. The molecular formula is C13H20N2. The van der Waals surface area contributed by atoms with Gasteiger partial charge in [0, 0.05) is 24.8 Å². The number of hydrogen-bond donors (Lipinski definition) is 1. The SMILES string of the molecule is Cc1ccc2c(c1)CCCN2CC(C)N. The minimum Gasteiger partial charge on any atom is -0.370 e. The number of nitrogens with zero attached hydrogens (tertiary/aromatic N) is 1. The van der Waals surface area contributed by atoms with Crippen molar-refractivity contribution < 1.29 is 0 Å².